The summed E-state index contributed by atoms with van der Waals surface area (Å²) >= 11 is 0. The van der Waals surface area contributed by atoms with Gasteiger partial charge in [0.25, 0.3) is 5.91 Å². The molecule has 5 nitrogen and oxygen atoms in total. The first-order chi connectivity index (χ1) is 11.6. The molecule has 1 aliphatic rings. The van der Waals surface area contributed by atoms with Gasteiger partial charge in [0.05, 0.1) is 0 Å². The van der Waals surface area contributed by atoms with Crippen molar-refractivity contribution in [2.75, 3.05) is 13.1 Å². The predicted octanol–water partition coefficient (Wildman–Crippen LogP) is 3.04. The maximum absolute atomic E-state index is 12.5. The fraction of sp³-hybridized carbons (Fsp3) is 0.421. The maximum atomic E-state index is 12.5. The maximum Gasteiger partial charge on any atom is 0.289 e. The molecule has 0 aliphatic carbocycles. The first-order valence-electron chi connectivity index (χ1n) is 8.38. The Morgan fingerprint density at radius 1 is 1.33 bits per heavy atom. The number of furan rings is 1. The zero-order valence-electron chi connectivity index (χ0n) is 14.2. The fourth-order valence-corrected chi connectivity index (χ4v) is 3.17. The summed E-state index contributed by atoms with van der Waals surface area (Å²) in [6, 6.07) is 9.68. The highest BCUT2D eigenvalue weighted by molar-refractivity contribution is 5.92. The number of aryl methyl sites for hydroxylation is 2. The molecule has 2 heterocycles. The minimum absolute atomic E-state index is 0.0827. The molecule has 2 aromatic rings. The lowest BCUT2D eigenvalue weighted by atomic mass is 10.1. The molecule has 0 radical (unpaired) electrons. The van der Waals surface area contributed by atoms with E-state index in [9.17, 15) is 4.79 Å². The summed E-state index contributed by atoms with van der Waals surface area (Å²) in [4.78, 5) is 14.3. The highest BCUT2D eigenvalue weighted by atomic mass is 16.5. The molecule has 24 heavy (non-hydrogen) atoms. The number of carbonyl (C=O) groups is 1. The van der Waals surface area contributed by atoms with Crippen LogP contribution in [0, 0.1) is 13.8 Å². The van der Waals surface area contributed by atoms with E-state index in [4.69, 9.17) is 14.9 Å². The lowest BCUT2D eigenvalue weighted by Crippen LogP contribution is -2.39. The van der Waals surface area contributed by atoms with Crippen LogP contribution >= 0.6 is 0 Å². The minimum atomic E-state index is -0.0827. The second-order valence-corrected chi connectivity index (χ2v) is 6.35. The molecule has 1 amide bonds. The largest absolute Gasteiger partial charge is 0.485 e. The van der Waals surface area contributed by atoms with Crippen LogP contribution < -0.4 is 10.5 Å². The molecule has 1 unspecified atom stereocenters. The molecule has 1 aromatic carbocycles. The van der Waals surface area contributed by atoms with E-state index >= 15 is 0 Å². The number of rotatable bonds is 5. The summed E-state index contributed by atoms with van der Waals surface area (Å²) in [5.41, 5.74) is 8.02. The zero-order chi connectivity index (χ0) is 17.1. The molecule has 5 heteroatoms. The van der Waals surface area contributed by atoms with Gasteiger partial charge < -0.3 is 19.8 Å². The van der Waals surface area contributed by atoms with Crippen molar-refractivity contribution in [3.63, 3.8) is 0 Å². The number of ether oxygens (including phenoxy) is 1. The van der Waals surface area contributed by atoms with Crippen molar-refractivity contribution in [2.45, 2.75) is 39.3 Å². The molecule has 0 spiro atoms. The molecular weight excluding hydrogens is 304 g/mol. The van der Waals surface area contributed by atoms with Crippen LogP contribution in [0.1, 0.15) is 40.3 Å². The molecule has 0 saturated carbocycles. The van der Waals surface area contributed by atoms with E-state index in [0.717, 1.165) is 30.7 Å². The first-order valence-corrected chi connectivity index (χ1v) is 8.38. The Bertz CT molecular complexity index is 723. The first kappa shape index (κ1) is 16.6. The lowest BCUT2D eigenvalue weighted by molar-refractivity contribution is 0.0705. The van der Waals surface area contributed by atoms with Crippen molar-refractivity contribution in [3.05, 3.63) is 53.0 Å². The van der Waals surface area contributed by atoms with Gasteiger partial charge in [-0.05, 0) is 50.5 Å². The normalized spacial score (nSPS) is 17.3. The second kappa shape index (κ2) is 7.09. The Morgan fingerprint density at radius 2 is 2.17 bits per heavy atom. The second-order valence-electron chi connectivity index (χ2n) is 6.35. The van der Waals surface area contributed by atoms with Crippen LogP contribution in [-0.4, -0.2) is 29.9 Å². The number of likely N-dealkylation sites (tertiary alicyclic amines) is 1. The summed E-state index contributed by atoms with van der Waals surface area (Å²) in [6.45, 7) is 5.61. The van der Waals surface area contributed by atoms with Gasteiger partial charge in [-0.3, -0.25) is 4.79 Å². The van der Waals surface area contributed by atoms with Crippen LogP contribution in [0.4, 0.5) is 0 Å². The monoisotopic (exact) mass is 328 g/mol. The van der Waals surface area contributed by atoms with E-state index in [2.05, 4.69) is 6.07 Å². The van der Waals surface area contributed by atoms with Crippen LogP contribution in [0.15, 0.2) is 34.7 Å². The quantitative estimate of drug-likeness (QED) is 0.916. The van der Waals surface area contributed by atoms with Gasteiger partial charge in [-0.15, -0.1) is 0 Å². The number of nitrogens with two attached hydrogens (primary N) is 1. The molecule has 0 bridgehead atoms. The lowest BCUT2D eigenvalue weighted by Gasteiger charge is -2.22. The van der Waals surface area contributed by atoms with Gasteiger partial charge in [0, 0.05) is 19.1 Å². The van der Waals surface area contributed by atoms with Crippen LogP contribution in [0.3, 0.4) is 0 Å². The Balaban J connectivity index is 1.64. The van der Waals surface area contributed by atoms with Crippen molar-refractivity contribution >= 4 is 5.91 Å². The molecule has 1 fully saturated rings. The van der Waals surface area contributed by atoms with Gasteiger partial charge in [0.1, 0.15) is 18.1 Å². The smallest absolute Gasteiger partial charge is 0.289 e. The third kappa shape index (κ3) is 3.46. The zero-order valence-corrected chi connectivity index (χ0v) is 14.2. The average Bonchev–Trinajstić information content (AvgIpc) is 3.22. The summed E-state index contributed by atoms with van der Waals surface area (Å²) < 4.78 is 11.5. The topological polar surface area (TPSA) is 68.7 Å². The summed E-state index contributed by atoms with van der Waals surface area (Å²) in [5, 5.41) is 0. The summed E-state index contributed by atoms with van der Waals surface area (Å²) in [7, 11) is 0. The van der Waals surface area contributed by atoms with Gasteiger partial charge in [-0.2, -0.15) is 0 Å². The number of amides is 1. The number of benzene rings is 1. The van der Waals surface area contributed by atoms with Crippen LogP contribution in [-0.2, 0) is 6.61 Å². The third-order valence-corrected chi connectivity index (χ3v) is 4.48. The van der Waals surface area contributed by atoms with E-state index in [1.54, 1.807) is 12.1 Å². The predicted molar refractivity (Wildman–Crippen MR) is 92.1 cm³/mol. The van der Waals surface area contributed by atoms with Crippen molar-refractivity contribution in [3.8, 4) is 5.75 Å². The van der Waals surface area contributed by atoms with Gasteiger partial charge in [-0.25, -0.2) is 0 Å². The van der Waals surface area contributed by atoms with Crippen molar-refractivity contribution in [1.82, 2.24) is 4.90 Å². The highest BCUT2D eigenvalue weighted by Crippen LogP contribution is 2.23. The number of nitrogens with zero attached hydrogens (tertiary/aromatic N) is 1. The Labute approximate surface area is 142 Å². The summed E-state index contributed by atoms with van der Waals surface area (Å²) in [6.07, 6.45) is 1.96. The van der Waals surface area contributed by atoms with Gasteiger partial charge in [-0.1, -0.05) is 17.7 Å². The van der Waals surface area contributed by atoms with Crippen molar-refractivity contribution < 1.29 is 13.9 Å². The molecular formula is C19H24N2O3. The highest BCUT2D eigenvalue weighted by Gasteiger charge is 2.29. The van der Waals surface area contributed by atoms with Gasteiger partial charge in [0.15, 0.2) is 5.76 Å². The number of carbonyl (C=O) groups excluding carboxylic acids is 1. The van der Waals surface area contributed by atoms with E-state index in [-0.39, 0.29) is 11.9 Å². The number of hydrogen-bond donors (Lipinski definition) is 1. The van der Waals surface area contributed by atoms with E-state index < -0.39 is 0 Å². The summed E-state index contributed by atoms with van der Waals surface area (Å²) in [5.74, 6) is 1.74. The van der Waals surface area contributed by atoms with E-state index in [1.807, 2.05) is 30.9 Å². The molecule has 2 N–H and O–H groups in total. The Hall–Kier alpha value is -2.27. The van der Waals surface area contributed by atoms with Gasteiger partial charge >= 0.3 is 0 Å². The van der Waals surface area contributed by atoms with Crippen LogP contribution in [0.5, 0.6) is 5.75 Å². The standard InChI is InChI=1S/C19H24N2O3/c1-13-5-7-17(14(2)10-13)23-12-16-6-8-18(24-16)19(22)21-9-3-4-15(21)11-20/h5-8,10,15H,3-4,9,11-12,20H2,1-2H3. The molecule has 1 saturated heterocycles. The average molecular weight is 328 g/mol. The molecule has 1 aromatic heterocycles. The molecule has 3 rings (SSSR count). The van der Waals surface area contributed by atoms with E-state index in [1.165, 1.54) is 5.56 Å². The molecule has 1 aliphatic heterocycles. The van der Waals surface area contributed by atoms with Crippen molar-refractivity contribution in [2.24, 2.45) is 5.73 Å². The van der Waals surface area contributed by atoms with E-state index in [0.29, 0.717) is 24.7 Å². The SMILES string of the molecule is Cc1ccc(OCc2ccc(C(=O)N3CCCC3CN)o2)c(C)c1. The van der Waals surface area contributed by atoms with Crippen LogP contribution in [0.2, 0.25) is 0 Å². The van der Waals surface area contributed by atoms with Crippen LogP contribution in [0.25, 0.3) is 0 Å². The third-order valence-electron chi connectivity index (χ3n) is 4.48. The minimum Gasteiger partial charge on any atom is -0.485 e. The Morgan fingerprint density at radius 3 is 2.92 bits per heavy atom. The number of hydrogen-bond acceptors (Lipinski definition) is 4. The molecule has 1 atom stereocenters. The fourth-order valence-electron chi connectivity index (χ4n) is 3.17. The Kier molecular flexibility index (Phi) is 4.90. The molecule has 128 valence electrons. The van der Waals surface area contributed by atoms with Crippen molar-refractivity contribution in [1.29, 1.82) is 0 Å². The van der Waals surface area contributed by atoms with Gasteiger partial charge in [0.2, 0.25) is 0 Å².